The van der Waals surface area contributed by atoms with E-state index in [0.717, 1.165) is 24.3 Å². The number of hydrogen-bond donors (Lipinski definition) is 2. The average Bonchev–Trinajstić information content (AvgIpc) is 2.85. The van der Waals surface area contributed by atoms with Gasteiger partial charge in [-0.25, -0.2) is 13.1 Å². The van der Waals surface area contributed by atoms with Crippen molar-refractivity contribution in [3.05, 3.63) is 17.0 Å². The summed E-state index contributed by atoms with van der Waals surface area (Å²) in [5.41, 5.74) is 0. The van der Waals surface area contributed by atoms with Crippen LogP contribution in [0, 0.1) is 5.92 Å². The largest absolute Gasteiger partial charge is 0.314 e. The van der Waals surface area contributed by atoms with E-state index < -0.39 is 10.0 Å². The van der Waals surface area contributed by atoms with E-state index in [1.54, 1.807) is 6.07 Å². The van der Waals surface area contributed by atoms with Crippen LogP contribution in [0.2, 0.25) is 0 Å². The van der Waals surface area contributed by atoms with Gasteiger partial charge in [0.15, 0.2) is 0 Å². The lowest BCUT2D eigenvalue weighted by Gasteiger charge is -2.19. The number of rotatable bonds is 9. The molecule has 0 aliphatic carbocycles. The number of thiophene rings is 1. The van der Waals surface area contributed by atoms with Gasteiger partial charge < -0.3 is 5.32 Å². The first-order valence-electron chi connectivity index (χ1n) is 7.60. The van der Waals surface area contributed by atoms with Gasteiger partial charge >= 0.3 is 0 Å². The topological polar surface area (TPSA) is 58.2 Å². The molecule has 0 aromatic carbocycles. The van der Waals surface area contributed by atoms with Gasteiger partial charge in [-0.3, -0.25) is 0 Å². The van der Waals surface area contributed by atoms with Crippen LogP contribution in [0.3, 0.4) is 0 Å². The Labute approximate surface area is 133 Å². The quantitative estimate of drug-likeness (QED) is 0.731. The molecule has 6 heteroatoms. The highest BCUT2D eigenvalue weighted by Crippen LogP contribution is 2.23. The lowest BCUT2D eigenvalue weighted by molar-refractivity contribution is 0.438. The Hall–Kier alpha value is -0.430. The molecule has 1 aromatic rings. The van der Waals surface area contributed by atoms with Crippen molar-refractivity contribution < 1.29 is 8.42 Å². The van der Waals surface area contributed by atoms with Crippen molar-refractivity contribution in [2.75, 3.05) is 6.54 Å². The van der Waals surface area contributed by atoms with E-state index in [0.29, 0.717) is 16.2 Å². The van der Waals surface area contributed by atoms with Gasteiger partial charge in [0, 0.05) is 23.5 Å². The molecule has 0 fully saturated rings. The summed E-state index contributed by atoms with van der Waals surface area (Å²) in [6.45, 7) is 11.2. The SMILES string of the molecule is CCC(NS(=O)(=O)c1ccc(CCNC(C)C)s1)C(C)C. The van der Waals surface area contributed by atoms with Gasteiger partial charge in [-0.2, -0.15) is 0 Å². The van der Waals surface area contributed by atoms with E-state index in [4.69, 9.17) is 0 Å². The van der Waals surface area contributed by atoms with Crippen molar-refractivity contribution in [1.82, 2.24) is 10.0 Å². The van der Waals surface area contributed by atoms with Crippen LogP contribution in [0.5, 0.6) is 0 Å². The molecule has 1 aromatic heterocycles. The van der Waals surface area contributed by atoms with E-state index in [1.165, 1.54) is 11.3 Å². The van der Waals surface area contributed by atoms with Gasteiger partial charge in [0.1, 0.15) is 4.21 Å². The molecular formula is C15H28N2O2S2. The molecule has 21 heavy (non-hydrogen) atoms. The normalized spacial score (nSPS) is 14.0. The molecule has 0 aliphatic rings. The summed E-state index contributed by atoms with van der Waals surface area (Å²) in [5, 5.41) is 3.34. The third-order valence-corrected chi connectivity index (χ3v) is 6.50. The van der Waals surface area contributed by atoms with Crippen LogP contribution in [-0.2, 0) is 16.4 Å². The molecule has 0 spiro atoms. The van der Waals surface area contributed by atoms with Crippen molar-refractivity contribution >= 4 is 21.4 Å². The fourth-order valence-corrected chi connectivity index (χ4v) is 4.91. The van der Waals surface area contributed by atoms with Crippen molar-refractivity contribution in [2.45, 2.75) is 63.8 Å². The highest BCUT2D eigenvalue weighted by molar-refractivity contribution is 7.91. The molecular weight excluding hydrogens is 304 g/mol. The minimum atomic E-state index is -3.39. The molecule has 2 N–H and O–H groups in total. The number of sulfonamides is 1. The van der Waals surface area contributed by atoms with Crippen LogP contribution in [0.25, 0.3) is 0 Å². The monoisotopic (exact) mass is 332 g/mol. The van der Waals surface area contributed by atoms with Crippen molar-refractivity contribution in [2.24, 2.45) is 5.92 Å². The van der Waals surface area contributed by atoms with Gasteiger partial charge in [-0.1, -0.05) is 34.6 Å². The lowest BCUT2D eigenvalue weighted by Crippen LogP contribution is -2.37. The average molecular weight is 333 g/mol. The van der Waals surface area contributed by atoms with Crippen LogP contribution < -0.4 is 10.0 Å². The molecule has 1 heterocycles. The Morgan fingerprint density at radius 1 is 1.19 bits per heavy atom. The van der Waals surface area contributed by atoms with E-state index in [2.05, 4.69) is 23.9 Å². The molecule has 0 amide bonds. The zero-order valence-corrected chi connectivity index (χ0v) is 15.3. The van der Waals surface area contributed by atoms with Gasteiger partial charge in [0.2, 0.25) is 10.0 Å². The number of hydrogen-bond acceptors (Lipinski definition) is 4. The zero-order valence-electron chi connectivity index (χ0n) is 13.6. The summed E-state index contributed by atoms with van der Waals surface area (Å²) in [5.74, 6) is 0.291. The summed E-state index contributed by atoms with van der Waals surface area (Å²) < 4.78 is 28.0. The molecule has 0 saturated heterocycles. The summed E-state index contributed by atoms with van der Waals surface area (Å²) in [6.07, 6.45) is 1.66. The Bertz CT molecular complexity index is 522. The molecule has 4 nitrogen and oxygen atoms in total. The molecule has 122 valence electrons. The Morgan fingerprint density at radius 2 is 1.86 bits per heavy atom. The Kier molecular flexibility index (Phi) is 7.33. The van der Waals surface area contributed by atoms with Gasteiger partial charge in [0.25, 0.3) is 0 Å². The predicted molar refractivity (Wildman–Crippen MR) is 90.4 cm³/mol. The summed E-state index contributed by atoms with van der Waals surface area (Å²) in [7, 11) is -3.39. The third-order valence-electron chi connectivity index (χ3n) is 3.38. The van der Waals surface area contributed by atoms with E-state index in [1.807, 2.05) is 26.8 Å². The Morgan fingerprint density at radius 3 is 2.38 bits per heavy atom. The maximum Gasteiger partial charge on any atom is 0.250 e. The van der Waals surface area contributed by atoms with E-state index >= 15 is 0 Å². The fourth-order valence-electron chi connectivity index (χ4n) is 2.07. The first-order chi connectivity index (χ1) is 9.76. The molecule has 1 rings (SSSR count). The van der Waals surface area contributed by atoms with Crippen molar-refractivity contribution in [1.29, 1.82) is 0 Å². The minimum Gasteiger partial charge on any atom is -0.314 e. The van der Waals surface area contributed by atoms with Crippen LogP contribution in [0.1, 0.15) is 45.9 Å². The lowest BCUT2D eigenvalue weighted by atomic mass is 10.0. The Balaban J connectivity index is 2.69. The predicted octanol–water partition coefficient (Wildman–Crippen LogP) is 3.00. The fraction of sp³-hybridized carbons (Fsp3) is 0.733. The highest BCUT2D eigenvalue weighted by Gasteiger charge is 2.22. The maximum absolute atomic E-state index is 12.4. The summed E-state index contributed by atoms with van der Waals surface area (Å²) in [6, 6.07) is 4.07. The molecule has 0 radical (unpaired) electrons. The standard InChI is InChI=1S/C15H28N2O2S2/c1-6-14(11(2)3)17-21(18,19)15-8-7-13(20-15)9-10-16-12(4)5/h7-8,11-12,14,16-17H,6,9-10H2,1-5H3. The highest BCUT2D eigenvalue weighted by atomic mass is 32.2. The first-order valence-corrected chi connectivity index (χ1v) is 9.90. The number of nitrogens with one attached hydrogen (secondary N) is 2. The first kappa shape index (κ1) is 18.6. The van der Waals surface area contributed by atoms with Crippen molar-refractivity contribution in [3.8, 4) is 0 Å². The van der Waals surface area contributed by atoms with Crippen molar-refractivity contribution in [3.63, 3.8) is 0 Å². The molecule has 1 unspecified atom stereocenters. The van der Waals surface area contributed by atoms with Crippen LogP contribution in [0.15, 0.2) is 16.3 Å². The molecule has 0 bridgehead atoms. The summed E-state index contributed by atoms with van der Waals surface area (Å²) in [4.78, 5) is 1.10. The molecule has 0 aliphatic heterocycles. The van der Waals surface area contributed by atoms with Gasteiger partial charge in [0.05, 0.1) is 0 Å². The second kappa shape index (κ2) is 8.27. The van der Waals surface area contributed by atoms with E-state index in [-0.39, 0.29) is 6.04 Å². The summed E-state index contributed by atoms with van der Waals surface area (Å²) >= 11 is 1.37. The smallest absolute Gasteiger partial charge is 0.250 e. The van der Waals surface area contributed by atoms with Gasteiger partial charge in [-0.15, -0.1) is 11.3 Å². The van der Waals surface area contributed by atoms with Gasteiger partial charge in [-0.05, 0) is 30.9 Å². The van der Waals surface area contributed by atoms with E-state index in [9.17, 15) is 8.42 Å². The zero-order chi connectivity index (χ0) is 16.0. The molecule has 0 saturated carbocycles. The van der Waals surface area contributed by atoms with Crippen LogP contribution >= 0.6 is 11.3 Å². The van der Waals surface area contributed by atoms with Crippen LogP contribution in [-0.4, -0.2) is 27.0 Å². The minimum absolute atomic E-state index is 0.0110. The second-order valence-electron chi connectivity index (χ2n) is 5.96. The molecule has 1 atom stereocenters. The maximum atomic E-state index is 12.4. The second-order valence-corrected chi connectivity index (χ2v) is 9.07. The van der Waals surface area contributed by atoms with Crippen LogP contribution in [0.4, 0.5) is 0 Å². The third kappa shape index (κ3) is 6.06.